The molecule has 3 rings (SSSR count). The lowest BCUT2D eigenvalue weighted by atomic mass is 9.88. The van der Waals surface area contributed by atoms with Crippen molar-refractivity contribution in [3.63, 3.8) is 0 Å². The summed E-state index contributed by atoms with van der Waals surface area (Å²) in [6.45, 7) is 7.33. The van der Waals surface area contributed by atoms with Crippen LogP contribution in [-0.2, 0) is 0 Å². The number of hydrogen-bond donors (Lipinski definition) is 1. The molecule has 1 aliphatic heterocycles. The van der Waals surface area contributed by atoms with Gasteiger partial charge in [-0.3, -0.25) is 4.79 Å². The lowest BCUT2D eigenvalue weighted by molar-refractivity contribution is 0.0773. The molecule has 1 saturated heterocycles. The number of halogens is 2. The van der Waals surface area contributed by atoms with Crippen LogP contribution in [0, 0.1) is 0 Å². The second-order valence-electron chi connectivity index (χ2n) is 6.91. The highest BCUT2D eigenvalue weighted by Crippen LogP contribution is 2.36. The molecule has 1 heterocycles. The Labute approximate surface area is 177 Å². The van der Waals surface area contributed by atoms with Gasteiger partial charge in [0.15, 0.2) is 0 Å². The molecule has 5 heteroatoms. The largest absolute Gasteiger partial charge is 0.339 e. The molecule has 0 bridgehead atoms. The molecule has 0 radical (unpaired) electrons. The number of amides is 1. The van der Waals surface area contributed by atoms with Crippen molar-refractivity contribution in [1.82, 2.24) is 10.2 Å². The standard InChI is InChI=1S/C23H26Cl2N2O/c1-3-27(4-2)23(28)18-7-5-16(6-8-18)22(17-11-13-26-14-12-17)20-10-9-19(24)15-21(20)25/h5-10,15,26H,3-4,11-14H2,1-2H3. The fraction of sp³-hybridized carbons (Fsp3) is 0.348. The van der Waals surface area contributed by atoms with Gasteiger partial charge in [0.25, 0.3) is 5.91 Å². The van der Waals surface area contributed by atoms with Crippen LogP contribution in [0.3, 0.4) is 0 Å². The lowest BCUT2D eigenvalue weighted by Gasteiger charge is -2.22. The lowest BCUT2D eigenvalue weighted by Crippen LogP contribution is -2.30. The Balaban J connectivity index is 2.03. The van der Waals surface area contributed by atoms with Crippen LogP contribution in [0.2, 0.25) is 10.0 Å². The average Bonchev–Trinajstić information content (AvgIpc) is 2.72. The summed E-state index contributed by atoms with van der Waals surface area (Å²) < 4.78 is 0. The van der Waals surface area contributed by atoms with Crippen molar-refractivity contribution >= 4 is 34.7 Å². The number of hydrogen-bond acceptors (Lipinski definition) is 2. The summed E-state index contributed by atoms with van der Waals surface area (Å²) in [7, 11) is 0. The maximum atomic E-state index is 12.6. The molecule has 1 N–H and O–H groups in total. The van der Waals surface area contributed by atoms with Crippen molar-refractivity contribution in [2.75, 3.05) is 26.2 Å². The van der Waals surface area contributed by atoms with Crippen LogP contribution in [-0.4, -0.2) is 37.0 Å². The fourth-order valence-corrected chi connectivity index (χ4v) is 4.20. The van der Waals surface area contributed by atoms with Crippen LogP contribution in [0.25, 0.3) is 5.57 Å². The van der Waals surface area contributed by atoms with Crippen LogP contribution in [0.5, 0.6) is 0 Å². The maximum absolute atomic E-state index is 12.6. The normalized spacial score (nSPS) is 14.1. The zero-order chi connectivity index (χ0) is 20.1. The Morgan fingerprint density at radius 2 is 1.57 bits per heavy atom. The first kappa shape index (κ1) is 20.9. The van der Waals surface area contributed by atoms with Gasteiger partial charge in [0.1, 0.15) is 0 Å². The van der Waals surface area contributed by atoms with E-state index in [-0.39, 0.29) is 5.91 Å². The monoisotopic (exact) mass is 416 g/mol. The van der Waals surface area contributed by atoms with Gasteiger partial charge in [-0.2, -0.15) is 0 Å². The predicted octanol–water partition coefficient (Wildman–Crippen LogP) is 5.66. The number of nitrogens with one attached hydrogen (secondary N) is 1. The van der Waals surface area contributed by atoms with E-state index in [0.717, 1.165) is 42.6 Å². The van der Waals surface area contributed by atoms with Crippen molar-refractivity contribution in [2.45, 2.75) is 26.7 Å². The molecule has 3 nitrogen and oxygen atoms in total. The minimum absolute atomic E-state index is 0.0668. The van der Waals surface area contributed by atoms with Gasteiger partial charge in [-0.25, -0.2) is 0 Å². The molecule has 0 unspecified atom stereocenters. The molecule has 148 valence electrons. The third kappa shape index (κ3) is 4.60. The van der Waals surface area contributed by atoms with E-state index < -0.39 is 0 Å². The predicted molar refractivity (Wildman–Crippen MR) is 118 cm³/mol. The fourth-order valence-electron chi connectivity index (χ4n) is 3.69. The zero-order valence-electron chi connectivity index (χ0n) is 16.4. The summed E-state index contributed by atoms with van der Waals surface area (Å²) in [5.74, 6) is 0.0668. The van der Waals surface area contributed by atoms with E-state index in [1.54, 1.807) is 6.07 Å². The highest BCUT2D eigenvalue weighted by Gasteiger charge is 2.18. The quantitative estimate of drug-likeness (QED) is 0.681. The van der Waals surface area contributed by atoms with Crippen molar-refractivity contribution in [1.29, 1.82) is 0 Å². The van der Waals surface area contributed by atoms with Gasteiger partial charge in [0.2, 0.25) is 0 Å². The molecule has 0 atom stereocenters. The number of carbonyl (C=O) groups is 1. The molecule has 0 aromatic heterocycles. The molecule has 1 fully saturated rings. The first-order valence-corrected chi connectivity index (χ1v) is 10.6. The molecule has 2 aromatic carbocycles. The third-order valence-corrected chi connectivity index (χ3v) is 5.78. The van der Waals surface area contributed by atoms with E-state index in [1.807, 2.05) is 55.1 Å². The van der Waals surface area contributed by atoms with Gasteiger partial charge in [0.05, 0.1) is 0 Å². The minimum Gasteiger partial charge on any atom is -0.339 e. The molecule has 0 spiro atoms. The number of nitrogens with zero attached hydrogens (tertiary/aromatic N) is 1. The number of benzene rings is 2. The SMILES string of the molecule is CCN(CC)C(=O)c1ccc(C(=C2CCNCC2)c2ccc(Cl)cc2Cl)cc1. The summed E-state index contributed by atoms with van der Waals surface area (Å²) in [6.07, 6.45) is 1.96. The Hall–Kier alpha value is -1.81. The van der Waals surface area contributed by atoms with Gasteiger partial charge in [-0.15, -0.1) is 0 Å². The van der Waals surface area contributed by atoms with E-state index in [1.165, 1.54) is 5.57 Å². The Kier molecular flexibility index (Phi) is 7.17. The van der Waals surface area contributed by atoms with Gasteiger partial charge in [0, 0.05) is 34.3 Å². The van der Waals surface area contributed by atoms with E-state index in [2.05, 4.69) is 5.32 Å². The van der Waals surface area contributed by atoms with E-state index in [9.17, 15) is 4.79 Å². The number of piperidine rings is 1. The van der Waals surface area contributed by atoms with Crippen molar-refractivity contribution in [2.24, 2.45) is 0 Å². The summed E-state index contributed by atoms with van der Waals surface area (Å²) >= 11 is 12.7. The van der Waals surface area contributed by atoms with Gasteiger partial charge in [-0.1, -0.05) is 47.0 Å². The van der Waals surface area contributed by atoms with Gasteiger partial charge >= 0.3 is 0 Å². The Bertz CT molecular complexity index is 863. The topological polar surface area (TPSA) is 32.3 Å². The number of carbonyl (C=O) groups excluding carboxylic acids is 1. The van der Waals surface area contributed by atoms with Crippen molar-refractivity contribution in [3.05, 3.63) is 74.8 Å². The molecule has 0 saturated carbocycles. The molecule has 0 aliphatic carbocycles. The Morgan fingerprint density at radius 3 is 2.14 bits per heavy atom. The molecule has 28 heavy (non-hydrogen) atoms. The molecular weight excluding hydrogens is 391 g/mol. The molecule has 2 aromatic rings. The minimum atomic E-state index is 0.0668. The third-order valence-electron chi connectivity index (χ3n) is 5.23. The molecule has 1 aliphatic rings. The van der Waals surface area contributed by atoms with Crippen molar-refractivity contribution < 1.29 is 4.79 Å². The van der Waals surface area contributed by atoms with Crippen LogP contribution in [0.4, 0.5) is 0 Å². The number of rotatable bonds is 5. The van der Waals surface area contributed by atoms with Crippen LogP contribution in [0.1, 0.15) is 48.2 Å². The zero-order valence-corrected chi connectivity index (χ0v) is 17.9. The van der Waals surface area contributed by atoms with Crippen LogP contribution >= 0.6 is 23.2 Å². The average molecular weight is 417 g/mol. The second kappa shape index (κ2) is 9.60. The maximum Gasteiger partial charge on any atom is 0.253 e. The molecular formula is C23H26Cl2N2O. The molecule has 1 amide bonds. The first-order chi connectivity index (χ1) is 13.5. The summed E-state index contributed by atoms with van der Waals surface area (Å²) in [4.78, 5) is 14.5. The van der Waals surface area contributed by atoms with E-state index >= 15 is 0 Å². The van der Waals surface area contributed by atoms with E-state index in [4.69, 9.17) is 23.2 Å². The second-order valence-corrected chi connectivity index (χ2v) is 7.75. The highest BCUT2D eigenvalue weighted by atomic mass is 35.5. The van der Waals surface area contributed by atoms with Gasteiger partial charge in [-0.05, 0) is 75.2 Å². The highest BCUT2D eigenvalue weighted by molar-refractivity contribution is 6.36. The summed E-state index contributed by atoms with van der Waals surface area (Å²) in [5, 5.41) is 4.69. The van der Waals surface area contributed by atoms with E-state index in [0.29, 0.717) is 28.7 Å². The Morgan fingerprint density at radius 1 is 0.964 bits per heavy atom. The van der Waals surface area contributed by atoms with Crippen LogP contribution in [0.15, 0.2) is 48.0 Å². The van der Waals surface area contributed by atoms with Gasteiger partial charge < -0.3 is 10.2 Å². The first-order valence-electron chi connectivity index (χ1n) is 9.83. The smallest absolute Gasteiger partial charge is 0.253 e. The van der Waals surface area contributed by atoms with Crippen molar-refractivity contribution in [3.8, 4) is 0 Å². The van der Waals surface area contributed by atoms with Crippen LogP contribution < -0.4 is 5.32 Å². The summed E-state index contributed by atoms with van der Waals surface area (Å²) in [6, 6.07) is 13.6. The summed E-state index contributed by atoms with van der Waals surface area (Å²) in [5.41, 5.74) is 5.32.